The number of methoxy groups -OCH3 is 1. The summed E-state index contributed by atoms with van der Waals surface area (Å²) in [7, 11) is 1.62. The molecule has 0 unspecified atom stereocenters. The van der Waals surface area contributed by atoms with Crippen LogP contribution < -0.4 is 10.2 Å². The summed E-state index contributed by atoms with van der Waals surface area (Å²) in [6, 6.07) is 23.4. The van der Waals surface area contributed by atoms with Crippen molar-refractivity contribution in [3.05, 3.63) is 96.2 Å². The Morgan fingerprint density at radius 2 is 1.84 bits per heavy atom. The zero-order chi connectivity index (χ0) is 21.6. The molecule has 4 rings (SSSR count). The van der Waals surface area contributed by atoms with Crippen molar-refractivity contribution < 1.29 is 14.6 Å². The highest BCUT2D eigenvalue weighted by molar-refractivity contribution is 5.96. The van der Waals surface area contributed by atoms with E-state index in [2.05, 4.69) is 10.5 Å². The van der Waals surface area contributed by atoms with Crippen LogP contribution in [0.4, 0.5) is 0 Å². The Hall–Kier alpha value is -4.39. The number of phenols is 1. The smallest absolute Gasteiger partial charge is 0.271 e. The van der Waals surface area contributed by atoms with Gasteiger partial charge >= 0.3 is 0 Å². The molecule has 0 aliphatic heterocycles. The number of nitrogens with zero attached hydrogens (tertiary/aromatic N) is 3. The lowest BCUT2D eigenvalue weighted by Gasteiger charge is -2.03. The number of amides is 1. The van der Waals surface area contributed by atoms with Crippen molar-refractivity contribution in [2.75, 3.05) is 7.11 Å². The molecule has 0 bridgehead atoms. The van der Waals surface area contributed by atoms with Gasteiger partial charge in [-0.2, -0.15) is 10.2 Å². The van der Waals surface area contributed by atoms with Crippen LogP contribution in [0.2, 0.25) is 0 Å². The van der Waals surface area contributed by atoms with E-state index in [-0.39, 0.29) is 5.75 Å². The summed E-state index contributed by atoms with van der Waals surface area (Å²) in [5, 5.41) is 18.3. The van der Waals surface area contributed by atoms with E-state index in [9.17, 15) is 9.90 Å². The summed E-state index contributed by atoms with van der Waals surface area (Å²) in [5.74, 6) is 0.344. The lowest BCUT2D eigenvalue weighted by Crippen LogP contribution is -2.17. The van der Waals surface area contributed by atoms with Gasteiger partial charge in [-0.25, -0.2) is 10.1 Å². The standard InChI is InChI=1S/C24H20N4O3/c1-31-22-12-10-17(11-13-22)23-19(16-28(27-23)20-7-3-2-4-8-20)15-25-26-24(30)18-6-5-9-21(29)14-18/h2-16,29H,1H3,(H,26,30)/b25-15-. The number of hydrogen-bond acceptors (Lipinski definition) is 5. The molecule has 3 aromatic carbocycles. The van der Waals surface area contributed by atoms with Crippen molar-refractivity contribution in [3.63, 3.8) is 0 Å². The number of hydrazone groups is 1. The fraction of sp³-hybridized carbons (Fsp3) is 0.0417. The van der Waals surface area contributed by atoms with Crippen LogP contribution in [0.5, 0.6) is 11.5 Å². The summed E-state index contributed by atoms with van der Waals surface area (Å²) in [6.45, 7) is 0. The van der Waals surface area contributed by atoms with Crippen LogP contribution in [0.1, 0.15) is 15.9 Å². The molecule has 4 aromatic rings. The maximum Gasteiger partial charge on any atom is 0.271 e. The molecular weight excluding hydrogens is 392 g/mol. The molecule has 2 N–H and O–H groups in total. The molecule has 0 saturated carbocycles. The van der Waals surface area contributed by atoms with Gasteiger partial charge < -0.3 is 9.84 Å². The van der Waals surface area contributed by atoms with E-state index in [0.29, 0.717) is 11.3 Å². The number of hydrogen-bond donors (Lipinski definition) is 2. The molecule has 31 heavy (non-hydrogen) atoms. The first-order valence-corrected chi connectivity index (χ1v) is 9.56. The van der Waals surface area contributed by atoms with E-state index in [4.69, 9.17) is 9.84 Å². The van der Waals surface area contributed by atoms with Gasteiger partial charge in [0.1, 0.15) is 17.2 Å². The Morgan fingerprint density at radius 1 is 1.06 bits per heavy atom. The Morgan fingerprint density at radius 3 is 2.55 bits per heavy atom. The Labute approximate surface area is 179 Å². The average molecular weight is 412 g/mol. The van der Waals surface area contributed by atoms with Crippen molar-refractivity contribution in [3.8, 4) is 28.4 Å². The summed E-state index contributed by atoms with van der Waals surface area (Å²) >= 11 is 0. The predicted molar refractivity (Wildman–Crippen MR) is 119 cm³/mol. The van der Waals surface area contributed by atoms with Gasteiger partial charge in [0.05, 0.1) is 19.0 Å². The van der Waals surface area contributed by atoms with E-state index < -0.39 is 5.91 Å². The molecule has 1 heterocycles. The van der Waals surface area contributed by atoms with Crippen molar-refractivity contribution in [1.82, 2.24) is 15.2 Å². The van der Waals surface area contributed by atoms with Gasteiger partial charge in [0, 0.05) is 22.9 Å². The molecule has 0 spiro atoms. The Balaban J connectivity index is 1.63. The first-order valence-electron chi connectivity index (χ1n) is 9.56. The van der Waals surface area contributed by atoms with Gasteiger partial charge in [-0.05, 0) is 54.6 Å². The van der Waals surface area contributed by atoms with Gasteiger partial charge in [-0.1, -0.05) is 24.3 Å². The number of aromatic nitrogens is 2. The van der Waals surface area contributed by atoms with Crippen LogP contribution in [0.25, 0.3) is 16.9 Å². The minimum Gasteiger partial charge on any atom is -0.508 e. The van der Waals surface area contributed by atoms with Crippen molar-refractivity contribution in [1.29, 1.82) is 0 Å². The van der Waals surface area contributed by atoms with Gasteiger partial charge in [0.2, 0.25) is 0 Å². The number of aromatic hydroxyl groups is 1. The molecule has 0 radical (unpaired) electrons. The molecule has 7 heteroatoms. The topological polar surface area (TPSA) is 88.7 Å². The monoisotopic (exact) mass is 412 g/mol. The van der Waals surface area contributed by atoms with Gasteiger partial charge in [0.15, 0.2) is 0 Å². The fourth-order valence-electron chi connectivity index (χ4n) is 3.04. The first-order chi connectivity index (χ1) is 15.1. The van der Waals surface area contributed by atoms with E-state index in [0.717, 1.165) is 22.6 Å². The molecule has 0 atom stereocenters. The summed E-state index contributed by atoms with van der Waals surface area (Å²) in [5.41, 5.74) is 6.02. The first kappa shape index (κ1) is 19.9. The van der Waals surface area contributed by atoms with Crippen LogP contribution >= 0.6 is 0 Å². The third-order valence-electron chi connectivity index (χ3n) is 4.60. The van der Waals surface area contributed by atoms with Crippen molar-refractivity contribution >= 4 is 12.1 Å². The molecule has 0 saturated heterocycles. The zero-order valence-electron chi connectivity index (χ0n) is 16.8. The molecule has 0 fully saturated rings. The highest BCUT2D eigenvalue weighted by Gasteiger charge is 2.12. The quantitative estimate of drug-likeness (QED) is 0.370. The zero-order valence-corrected chi connectivity index (χ0v) is 16.8. The number of carbonyl (C=O) groups is 1. The second-order valence-electron chi connectivity index (χ2n) is 6.69. The number of carbonyl (C=O) groups excluding carboxylic acids is 1. The normalized spacial score (nSPS) is 10.9. The second-order valence-corrected chi connectivity index (χ2v) is 6.69. The Bertz CT molecular complexity index is 1220. The summed E-state index contributed by atoms with van der Waals surface area (Å²) < 4.78 is 7.00. The van der Waals surface area contributed by atoms with E-state index >= 15 is 0 Å². The lowest BCUT2D eigenvalue weighted by molar-refractivity contribution is 0.0954. The molecule has 0 aliphatic rings. The maximum atomic E-state index is 12.3. The van der Waals surface area contributed by atoms with Gasteiger partial charge in [-0.15, -0.1) is 0 Å². The Kier molecular flexibility index (Phi) is 5.75. The minimum atomic E-state index is -0.423. The van der Waals surface area contributed by atoms with Crippen LogP contribution in [0.15, 0.2) is 90.2 Å². The van der Waals surface area contributed by atoms with Gasteiger partial charge in [0.25, 0.3) is 5.91 Å². The molecule has 154 valence electrons. The third kappa shape index (κ3) is 4.62. The van der Waals surface area contributed by atoms with Crippen molar-refractivity contribution in [2.45, 2.75) is 0 Å². The molecule has 7 nitrogen and oxygen atoms in total. The maximum absolute atomic E-state index is 12.3. The number of rotatable bonds is 6. The third-order valence-corrected chi connectivity index (χ3v) is 4.60. The van der Waals surface area contributed by atoms with Crippen molar-refractivity contribution in [2.24, 2.45) is 5.10 Å². The van der Waals surface area contributed by atoms with E-state index in [1.165, 1.54) is 12.1 Å². The number of benzene rings is 3. The number of phenolic OH excluding ortho intramolecular Hbond substituents is 1. The molecule has 1 aromatic heterocycles. The van der Waals surface area contributed by atoms with E-state index in [1.54, 1.807) is 30.1 Å². The van der Waals surface area contributed by atoms with Crippen LogP contribution in [0, 0.1) is 0 Å². The van der Waals surface area contributed by atoms with Crippen LogP contribution in [-0.4, -0.2) is 34.1 Å². The SMILES string of the molecule is COc1ccc(-c2nn(-c3ccccc3)cc2/C=N\NC(=O)c2cccc(O)c2)cc1. The summed E-state index contributed by atoms with van der Waals surface area (Å²) in [6.07, 6.45) is 3.39. The molecule has 1 amide bonds. The highest BCUT2D eigenvalue weighted by atomic mass is 16.5. The molecule has 0 aliphatic carbocycles. The minimum absolute atomic E-state index is 0.0163. The van der Waals surface area contributed by atoms with Gasteiger partial charge in [-0.3, -0.25) is 4.79 Å². The average Bonchev–Trinajstić information content (AvgIpc) is 3.24. The summed E-state index contributed by atoms with van der Waals surface area (Å²) in [4.78, 5) is 12.3. The van der Waals surface area contributed by atoms with Crippen LogP contribution in [0.3, 0.4) is 0 Å². The largest absolute Gasteiger partial charge is 0.508 e. The van der Waals surface area contributed by atoms with E-state index in [1.807, 2.05) is 60.8 Å². The molecular formula is C24H20N4O3. The number of nitrogens with one attached hydrogen (secondary N) is 1. The highest BCUT2D eigenvalue weighted by Crippen LogP contribution is 2.25. The predicted octanol–water partition coefficient (Wildman–Crippen LogP) is 4.02. The number of para-hydroxylation sites is 1. The van der Waals surface area contributed by atoms with Crippen LogP contribution in [-0.2, 0) is 0 Å². The lowest BCUT2D eigenvalue weighted by atomic mass is 10.1. The number of ether oxygens (including phenoxy) is 1. The second kappa shape index (κ2) is 8.96. The fourth-order valence-corrected chi connectivity index (χ4v) is 3.04.